The van der Waals surface area contributed by atoms with E-state index in [4.69, 9.17) is 19.4 Å². The highest BCUT2D eigenvalue weighted by Gasteiger charge is 2.43. The van der Waals surface area contributed by atoms with E-state index in [1.807, 2.05) is 26.0 Å². The average Bonchev–Trinajstić information content (AvgIpc) is 3.82. The highest BCUT2D eigenvalue weighted by atomic mass is 28.3. The Bertz CT molecular complexity index is 1890. The van der Waals surface area contributed by atoms with Crippen molar-refractivity contribution in [1.29, 1.82) is 0 Å². The van der Waals surface area contributed by atoms with Crippen LogP contribution in [0, 0.1) is 12.7 Å². The number of nitrogens with one attached hydrogen (secondary N) is 3. The summed E-state index contributed by atoms with van der Waals surface area (Å²) in [4.78, 5) is 28.1. The zero-order valence-electron chi connectivity index (χ0n) is 28.8. The van der Waals surface area contributed by atoms with Gasteiger partial charge in [0.2, 0.25) is 0 Å². The zero-order valence-corrected chi connectivity index (χ0v) is 29.8. The Balaban J connectivity index is 1.16. The van der Waals surface area contributed by atoms with E-state index in [0.29, 0.717) is 67.9 Å². The lowest BCUT2D eigenvalue weighted by Gasteiger charge is -2.38. The van der Waals surface area contributed by atoms with Crippen molar-refractivity contribution in [2.45, 2.75) is 89.5 Å². The second-order valence-corrected chi connectivity index (χ2v) is 19.6. The third-order valence-corrected chi connectivity index (χ3v) is 10.7. The maximum absolute atomic E-state index is 13.7. The van der Waals surface area contributed by atoms with Gasteiger partial charge in [0.05, 0.1) is 30.0 Å². The van der Waals surface area contributed by atoms with E-state index >= 15 is 0 Å². The maximum atomic E-state index is 13.7. The molecule has 14 nitrogen and oxygen atoms in total. The topological polar surface area (TPSA) is 163 Å². The van der Waals surface area contributed by atoms with Crippen molar-refractivity contribution in [2.75, 3.05) is 19.0 Å². The number of aryl methyl sites for hydroxylation is 1. The highest BCUT2D eigenvalue weighted by molar-refractivity contribution is 6.76. The summed E-state index contributed by atoms with van der Waals surface area (Å²) in [5, 5.41) is 23.1. The first-order valence-corrected chi connectivity index (χ1v) is 20.3. The van der Waals surface area contributed by atoms with E-state index in [9.17, 15) is 9.18 Å². The van der Waals surface area contributed by atoms with Crippen molar-refractivity contribution in [2.24, 2.45) is 0 Å². The molecule has 6 rings (SSSR count). The minimum atomic E-state index is -1.23. The Morgan fingerprint density at radius 1 is 1.16 bits per heavy atom. The van der Waals surface area contributed by atoms with Crippen molar-refractivity contribution in [3.8, 4) is 5.82 Å². The molecule has 0 bridgehead atoms. The summed E-state index contributed by atoms with van der Waals surface area (Å²) in [6, 6.07) is 6.22. The van der Waals surface area contributed by atoms with Crippen LogP contribution in [0.2, 0.25) is 25.7 Å². The molecule has 0 spiro atoms. The predicted octanol–water partition coefficient (Wildman–Crippen LogP) is 5.55. The predicted molar refractivity (Wildman–Crippen MR) is 185 cm³/mol. The Morgan fingerprint density at radius 2 is 1.96 bits per heavy atom. The molecule has 0 saturated heterocycles. The second-order valence-electron chi connectivity index (χ2n) is 13.9. The third-order valence-electron chi connectivity index (χ3n) is 9.04. The van der Waals surface area contributed by atoms with Crippen molar-refractivity contribution in [3.63, 3.8) is 0 Å². The normalized spacial score (nSPS) is 18.9. The maximum Gasteiger partial charge on any atom is 0.252 e. The fourth-order valence-electron chi connectivity index (χ4n) is 5.97. The van der Waals surface area contributed by atoms with E-state index in [-0.39, 0.29) is 17.9 Å². The lowest BCUT2D eigenvalue weighted by atomic mass is 9.77. The van der Waals surface area contributed by atoms with Gasteiger partial charge >= 0.3 is 0 Å². The number of hydrogen-bond acceptors (Lipinski definition) is 10. The van der Waals surface area contributed by atoms with Gasteiger partial charge in [-0.25, -0.2) is 28.7 Å². The molecular weight excluding hydrogens is 646 g/mol. The summed E-state index contributed by atoms with van der Waals surface area (Å²) in [6.07, 6.45) is 8.09. The number of anilines is 2. The molecule has 5 aromatic rings. The monoisotopic (exact) mass is 689 g/mol. The average molecular weight is 690 g/mol. The molecule has 260 valence electrons. The van der Waals surface area contributed by atoms with Crippen LogP contribution >= 0.6 is 0 Å². The van der Waals surface area contributed by atoms with E-state index in [2.05, 4.69) is 55.7 Å². The van der Waals surface area contributed by atoms with Crippen molar-refractivity contribution >= 4 is 36.7 Å². The molecule has 0 aliphatic heterocycles. The summed E-state index contributed by atoms with van der Waals surface area (Å²) >= 11 is 0. The van der Waals surface area contributed by atoms with Gasteiger partial charge in [0.1, 0.15) is 24.0 Å². The number of H-pyrrole nitrogens is 1. The minimum absolute atomic E-state index is 0.000551. The number of nitrogens with zero attached hydrogens (tertiary/aromatic N) is 8. The van der Waals surface area contributed by atoms with Crippen LogP contribution in [0.3, 0.4) is 0 Å². The summed E-state index contributed by atoms with van der Waals surface area (Å²) in [5.74, 6) is 1.80. The van der Waals surface area contributed by atoms with Gasteiger partial charge in [0.15, 0.2) is 23.1 Å². The van der Waals surface area contributed by atoms with Gasteiger partial charge in [-0.2, -0.15) is 15.3 Å². The molecule has 3 N–H and O–H groups in total. The molecule has 16 heteroatoms. The first kappa shape index (κ1) is 34.3. The molecule has 5 aromatic heterocycles. The lowest BCUT2D eigenvalue weighted by Crippen LogP contribution is -2.50. The van der Waals surface area contributed by atoms with E-state index in [1.54, 1.807) is 30.3 Å². The summed E-state index contributed by atoms with van der Waals surface area (Å²) in [6.45, 7) is 11.8. The SMILES string of the molecule is CO[C@]1(C(=O)N[C@@H](C)c2ccc(-n3cc(F)cn3)nc2)CC[C@@H](c2nc(Nc3cc(C)[nH]n3)c3cnn(COCC[Si](C)(C)C)c3n2)CC1. The number of hydrogen-bond donors (Lipinski definition) is 3. The Hall–Kier alpha value is -4.54. The molecule has 1 aliphatic rings. The fourth-order valence-corrected chi connectivity index (χ4v) is 6.73. The van der Waals surface area contributed by atoms with Crippen LogP contribution < -0.4 is 10.6 Å². The number of carbonyl (C=O) groups excluding carboxylic acids is 1. The molecule has 1 fully saturated rings. The van der Waals surface area contributed by atoms with Crippen LogP contribution in [0.4, 0.5) is 16.0 Å². The fraction of sp³-hybridized carbons (Fsp3) is 0.485. The summed E-state index contributed by atoms with van der Waals surface area (Å²) in [7, 11) is 0.352. The van der Waals surface area contributed by atoms with Crippen LogP contribution in [-0.2, 0) is 21.0 Å². The molecule has 0 unspecified atom stereocenters. The van der Waals surface area contributed by atoms with Crippen LogP contribution in [0.15, 0.2) is 43.0 Å². The number of pyridine rings is 1. The van der Waals surface area contributed by atoms with Gasteiger partial charge in [0, 0.05) is 45.7 Å². The number of halogens is 1. The van der Waals surface area contributed by atoms with Gasteiger partial charge in [-0.1, -0.05) is 25.7 Å². The quantitative estimate of drug-likeness (QED) is 0.106. The second kappa shape index (κ2) is 14.1. The molecule has 1 saturated carbocycles. The van der Waals surface area contributed by atoms with E-state index < -0.39 is 19.5 Å². The molecule has 5 heterocycles. The van der Waals surface area contributed by atoms with Crippen LogP contribution in [0.25, 0.3) is 16.9 Å². The lowest BCUT2D eigenvalue weighted by molar-refractivity contribution is -0.148. The molecular formula is C33H44FN11O3Si. The number of aromatic nitrogens is 9. The molecule has 1 aliphatic carbocycles. The number of amides is 1. The zero-order chi connectivity index (χ0) is 34.8. The van der Waals surface area contributed by atoms with Gasteiger partial charge in [-0.15, -0.1) is 0 Å². The summed E-state index contributed by atoms with van der Waals surface area (Å²) < 4.78 is 28.5. The first-order valence-electron chi connectivity index (χ1n) is 16.6. The third kappa shape index (κ3) is 7.86. The molecule has 1 amide bonds. The smallest absolute Gasteiger partial charge is 0.252 e. The minimum Gasteiger partial charge on any atom is -0.368 e. The van der Waals surface area contributed by atoms with Crippen molar-refractivity contribution in [3.05, 3.63) is 65.9 Å². The largest absolute Gasteiger partial charge is 0.368 e. The molecule has 0 radical (unpaired) electrons. The Kier molecular flexibility index (Phi) is 9.90. The molecule has 1 atom stereocenters. The van der Waals surface area contributed by atoms with Crippen LogP contribution in [-0.4, -0.2) is 78.0 Å². The number of carbonyl (C=O) groups is 1. The number of aromatic amines is 1. The number of methoxy groups -OCH3 is 1. The first-order chi connectivity index (χ1) is 23.4. The number of fused-ring (bicyclic) bond motifs is 1. The number of rotatable bonds is 13. The van der Waals surface area contributed by atoms with Gasteiger partial charge in [-0.3, -0.25) is 9.89 Å². The van der Waals surface area contributed by atoms with Gasteiger partial charge in [0.25, 0.3) is 5.91 Å². The Morgan fingerprint density at radius 3 is 2.59 bits per heavy atom. The van der Waals surface area contributed by atoms with Gasteiger partial charge in [-0.05, 0) is 57.2 Å². The van der Waals surface area contributed by atoms with E-state index in [1.165, 1.54) is 10.9 Å². The number of ether oxygens (including phenoxy) is 2. The van der Waals surface area contributed by atoms with E-state index in [0.717, 1.165) is 28.9 Å². The van der Waals surface area contributed by atoms with Crippen LogP contribution in [0.5, 0.6) is 0 Å². The summed E-state index contributed by atoms with van der Waals surface area (Å²) in [5.41, 5.74) is 1.42. The Labute approximate surface area is 285 Å². The van der Waals surface area contributed by atoms with Crippen LogP contribution in [0.1, 0.15) is 61.6 Å². The van der Waals surface area contributed by atoms with Crippen molar-refractivity contribution in [1.82, 2.24) is 50.0 Å². The standard InChI is InChI=1S/C33H44FN11O3Si/c1-21-15-27(43-42-21)39-30-26-18-37-45(20-48-13-14-49(4,5)6)31(26)41-29(40-30)23-9-11-33(47-3,12-10-23)32(46)38-22(2)24-7-8-28(35-16-24)44-19-25(34)17-36-44/h7-8,15-19,22-23H,9-14,20H2,1-6H3,(H,38,46)(H2,39,40,41,42,43)/t22-,23-,33-/m0/s1. The van der Waals surface area contributed by atoms with Gasteiger partial charge < -0.3 is 20.1 Å². The van der Waals surface area contributed by atoms with Crippen molar-refractivity contribution < 1.29 is 18.7 Å². The molecule has 49 heavy (non-hydrogen) atoms. The molecule has 0 aromatic carbocycles. The highest BCUT2D eigenvalue weighted by Crippen LogP contribution is 2.40.